The van der Waals surface area contributed by atoms with Crippen LogP contribution in [0.15, 0.2) is 36.5 Å². The fourth-order valence-electron chi connectivity index (χ4n) is 3.30. The summed E-state index contributed by atoms with van der Waals surface area (Å²) >= 11 is 1.63. The number of aromatic nitrogens is 6. The van der Waals surface area contributed by atoms with E-state index >= 15 is 0 Å². The third kappa shape index (κ3) is 2.80. The molecule has 3 aromatic heterocycles. The lowest BCUT2D eigenvalue weighted by Crippen LogP contribution is -2.34. The maximum absolute atomic E-state index is 4.75. The first-order chi connectivity index (χ1) is 13.0. The maximum Gasteiger partial charge on any atom is 0.214 e. The van der Waals surface area contributed by atoms with Crippen molar-refractivity contribution in [1.29, 1.82) is 0 Å². The number of hydrogen-bond donors (Lipinski definition) is 0. The molecule has 0 atom stereocenters. The van der Waals surface area contributed by atoms with Gasteiger partial charge in [0.1, 0.15) is 0 Å². The first-order valence-corrected chi connectivity index (χ1v) is 9.90. The highest BCUT2D eigenvalue weighted by atomic mass is 32.1. The summed E-state index contributed by atoms with van der Waals surface area (Å²) in [6, 6.07) is 10.2. The van der Waals surface area contributed by atoms with Crippen molar-refractivity contribution in [2.45, 2.75) is 39.3 Å². The third-order valence-corrected chi connectivity index (χ3v) is 5.84. The van der Waals surface area contributed by atoms with Crippen LogP contribution in [-0.4, -0.2) is 35.9 Å². The smallest absolute Gasteiger partial charge is 0.214 e. The zero-order chi connectivity index (χ0) is 18.6. The van der Waals surface area contributed by atoms with Crippen molar-refractivity contribution in [3.8, 4) is 11.4 Å². The van der Waals surface area contributed by atoms with E-state index in [9.17, 15) is 0 Å². The molecular formula is C19H21N7S. The van der Waals surface area contributed by atoms with Gasteiger partial charge in [0, 0.05) is 24.1 Å². The highest BCUT2D eigenvalue weighted by Crippen LogP contribution is 2.30. The Bertz CT molecular complexity index is 1070. The van der Waals surface area contributed by atoms with Crippen LogP contribution in [0, 0.1) is 0 Å². The van der Waals surface area contributed by atoms with E-state index < -0.39 is 0 Å². The van der Waals surface area contributed by atoms with Gasteiger partial charge in [-0.15, -0.1) is 15.3 Å². The van der Waals surface area contributed by atoms with Crippen LogP contribution >= 0.6 is 11.3 Å². The Kier molecular flexibility index (Phi) is 3.58. The largest absolute Gasteiger partial charge is 0.337 e. The zero-order valence-electron chi connectivity index (χ0n) is 15.6. The second-order valence-electron chi connectivity index (χ2n) is 7.87. The standard InChI is InChI=1S/C19H21N7S/c1-19(2,3)14-11-26-17(20-14)27-18(23-26)24-9-10-25-15(12-24)21-22-16(25)13-7-5-4-6-8-13/h4-8,11H,9-10,12H2,1-3H3. The lowest BCUT2D eigenvalue weighted by atomic mass is 9.93. The number of anilines is 1. The molecule has 5 rings (SSSR count). The number of benzene rings is 1. The first-order valence-electron chi connectivity index (χ1n) is 9.08. The Morgan fingerprint density at radius 1 is 1.04 bits per heavy atom. The van der Waals surface area contributed by atoms with Gasteiger partial charge in [0.05, 0.1) is 18.4 Å². The Labute approximate surface area is 161 Å². The van der Waals surface area contributed by atoms with Gasteiger partial charge in [-0.25, -0.2) is 9.50 Å². The summed E-state index contributed by atoms with van der Waals surface area (Å²) in [4.78, 5) is 7.94. The number of nitrogens with zero attached hydrogens (tertiary/aromatic N) is 7. The minimum absolute atomic E-state index is 0.0307. The highest BCUT2D eigenvalue weighted by Gasteiger charge is 2.25. The van der Waals surface area contributed by atoms with E-state index in [1.165, 1.54) is 0 Å². The molecule has 0 radical (unpaired) electrons. The van der Waals surface area contributed by atoms with E-state index in [0.717, 1.165) is 46.1 Å². The van der Waals surface area contributed by atoms with Crippen molar-refractivity contribution < 1.29 is 0 Å². The molecule has 27 heavy (non-hydrogen) atoms. The first kappa shape index (κ1) is 16.4. The summed E-state index contributed by atoms with van der Waals surface area (Å²) in [5, 5.41) is 14.6. The summed E-state index contributed by atoms with van der Waals surface area (Å²) < 4.78 is 4.11. The number of imidazole rings is 1. The van der Waals surface area contributed by atoms with E-state index in [4.69, 9.17) is 10.1 Å². The van der Waals surface area contributed by atoms with Crippen LogP contribution in [0.4, 0.5) is 5.13 Å². The fraction of sp³-hybridized carbons (Fsp3) is 0.368. The van der Waals surface area contributed by atoms with Crippen LogP contribution in [0.5, 0.6) is 0 Å². The van der Waals surface area contributed by atoms with Crippen molar-refractivity contribution in [3.63, 3.8) is 0 Å². The monoisotopic (exact) mass is 379 g/mol. The second-order valence-corrected chi connectivity index (χ2v) is 8.80. The van der Waals surface area contributed by atoms with Gasteiger partial charge in [0.15, 0.2) is 11.6 Å². The predicted octanol–water partition coefficient (Wildman–Crippen LogP) is 3.37. The molecule has 0 fully saturated rings. The van der Waals surface area contributed by atoms with Gasteiger partial charge < -0.3 is 9.47 Å². The van der Waals surface area contributed by atoms with Crippen LogP contribution in [0.1, 0.15) is 32.3 Å². The molecule has 0 unspecified atom stereocenters. The van der Waals surface area contributed by atoms with Gasteiger partial charge in [-0.05, 0) is 0 Å². The number of hydrogen-bond acceptors (Lipinski definition) is 6. The van der Waals surface area contributed by atoms with E-state index in [-0.39, 0.29) is 5.41 Å². The van der Waals surface area contributed by atoms with E-state index in [2.05, 4.69) is 52.6 Å². The molecule has 1 aliphatic heterocycles. The summed E-state index contributed by atoms with van der Waals surface area (Å²) in [5.74, 6) is 1.91. The molecule has 0 saturated carbocycles. The summed E-state index contributed by atoms with van der Waals surface area (Å²) in [6.45, 7) is 8.95. The molecule has 0 aliphatic carbocycles. The molecule has 0 bridgehead atoms. The van der Waals surface area contributed by atoms with Gasteiger partial charge >= 0.3 is 0 Å². The van der Waals surface area contributed by atoms with E-state index in [1.54, 1.807) is 11.3 Å². The fourth-order valence-corrected chi connectivity index (χ4v) is 4.21. The Balaban J connectivity index is 1.42. The summed E-state index contributed by atoms with van der Waals surface area (Å²) in [5.41, 5.74) is 2.20. The highest BCUT2D eigenvalue weighted by molar-refractivity contribution is 7.20. The molecule has 1 aromatic carbocycles. The Morgan fingerprint density at radius 2 is 1.85 bits per heavy atom. The van der Waals surface area contributed by atoms with E-state index in [1.807, 2.05) is 28.9 Å². The molecule has 0 saturated heterocycles. The average molecular weight is 379 g/mol. The average Bonchev–Trinajstić information content (AvgIpc) is 3.34. The van der Waals surface area contributed by atoms with Crippen molar-refractivity contribution in [3.05, 3.63) is 48.0 Å². The molecule has 138 valence electrons. The maximum atomic E-state index is 4.75. The predicted molar refractivity (Wildman–Crippen MR) is 106 cm³/mol. The SMILES string of the molecule is CC(C)(C)c1cn2nc(N3CCn4c(nnc4-c4ccccc4)C3)sc2n1. The lowest BCUT2D eigenvalue weighted by Gasteiger charge is -2.27. The zero-order valence-corrected chi connectivity index (χ0v) is 16.4. The molecule has 7 nitrogen and oxygen atoms in total. The molecule has 8 heteroatoms. The van der Waals surface area contributed by atoms with E-state index in [0.29, 0.717) is 6.54 Å². The number of rotatable bonds is 2. The van der Waals surface area contributed by atoms with Gasteiger partial charge in [0.2, 0.25) is 10.1 Å². The molecular weight excluding hydrogens is 358 g/mol. The van der Waals surface area contributed by atoms with Crippen LogP contribution in [0.2, 0.25) is 0 Å². The molecule has 4 heterocycles. The third-order valence-electron chi connectivity index (χ3n) is 4.86. The van der Waals surface area contributed by atoms with Gasteiger partial charge in [-0.1, -0.05) is 62.4 Å². The Hall–Kier alpha value is -2.74. The second kappa shape index (κ2) is 5.88. The van der Waals surface area contributed by atoms with Crippen LogP contribution < -0.4 is 4.90 Å². The molecule has 0 N–H and O–H groups in total. The topological polar surface area (TPSA) is 64.1 Å². The molecule has 0 amide bonds. The van der Waals surface area contributed by atoms with Crippen LogP contribution in [0.3, 0.4) is 0 Å². The molecule has 1 aliphatic rings. The lowest BCUT2D eigenvalue weighted by molar-refractivity contribution is 0.560. The van der Waals surface area contributed by atoms with Gasteiger partial charge in [-0.3, -0.25) is 0 Å². The molecule has 4 aromatic rings. The van der Waals surface area contributed by atoms with Crippen LogP contribution in [-0.2, 0) is 18.5 Å². The van der Waals surface area contributed by atoms with Crippen molar-refractivity contribution in [2.75, 3.05) is 11.4 Å². The minimum Gasteiger partial charge on any atom is -0.337 e. The van der Waals surface area contributed by atoms with Crippen molar-refractivity contribution >= 4 is 21.4 Å². The van der Waals surface area contributed by atoms with Crippen LogP contribution in [0.25, 0.3) is 16.3 Å². The normalized spacial score (nSPS) is 14.7. The van der Waals surface area contributed by atoms with Crippen molar-refractivity contribution in [1.82, 2.24) is 29.4 Å². The number of fused-ring (bicyclic) bond motifs is 2. The van der Waals surface area contributed by atoms with Crippen molar-refractivity contribution in [2.24, 2.45) is 0 Å². The minimum atomic E-state index is 0.0307. The summed E-state index contributed by atoms with van der Waals surface area (Å²) in [7, 11) is 0. The van der Waals surface area contributed by atoms with Gasteiger partial charge in [0.25, 0.3) is 0 Å². The quantitative estimate of drug-likeness (QED) is 0.534. The Morgan fingerprint density at radius 3 is 2.59 bits per heavy atom. The van der Waals surface area contributed by atoms with Gasteiger partial charge in [-0.2, -0.15) is 0 Å². The molecule has 0 spiro atoms. The summed E-state index contributed by atoms with van der Waals surface area (Å²) in [6.07, 6.45) is 2.04.